The van der Waals surface area contributed by atoms with Gasteiger partial charge in [0.2, 0.25) is 5.75 Å². The van der Waals surface area contributed by atoms with Gasteiger partial charge >= 0.3 is 0 Å². The van der Waals surface area contributed by atoms with Crippen molar-refractivity contribution in [2.45, 2.75) is 13.3 Å². The fourth-order valence-corrected chi connectivity index (χ4v) is 2.40. The average molecular weight is 330 g/mol. The summed E-state index contributed by atoms with van der Waals surface area (Å²) in [6.45, 7) is 2.55. The highest BCUT2D eigenvalue weighted by atomic mass is 16.5. The van der Waals surface area contributed by atoms with Gasteiger partial charge in [0, 0.05) is 12.0 Å². The van der Waals surface area contributed by atoms with Crippen LogP contribution in [0.1, 0.15) is 22.8 Å². The lowest BCUT2D eigenvalue weighted by Gasteiger charge is -2.13. The van der Waals surface area contributed by atoms with Gasteiger partial charge in [0.25, 0.3) is 0 Å². The molecule has 0 spiro atoms. The lowest BCUT2D eigenvalue weighted by atomic mass is 10.0. The smallest absolute Gasteiger partial charge is 0.203 e. The predicted octanol–water partition coefficient (Wildman–Crippen LogP) is 3.54. The Bertz CT molecular complexity index is 666. The molecule has 0 amide bonds. The Morgan fingerprint density at radius 1 is 0.917 bits per heavy atom. The van der Waals surface area contributed by atoms with Gasteiger partial charge in [0.05, 0.1) is 27.9 Å². The number of ketones is 1. The molecule has 0 N–H and O–H groups in total. The molecule has 0 saturated carbocycles. The third-order valence-electron chi connectivity index (χ3n) is 3.59. The lowest BCUT2D eigenvalue weighted by Crippen LogP contribution is -2.06. The second-order valence-electron chi connectivity index (χ2n) is 5.09. The van der Waals surface area contributed by atoms with E-state index in [2.05, 4.69) is 0 Å². The quantitative estimate of drug-likeness (QED) is 0.693. The molecule has 0 atom stereocenters. The maximum Gasteiger partial charge on any atom is 0.203 e. The van der Waals surface area contributed by atoms with E-state index in [9.17, 15) is 4.79 Å². The summed E-state index contributed by atoms with van der Waals surface area (Å²) in [6, 6.07) is 10.8. The van der Waals surface area contributed by atoms with Crippen LogP contribution >= 0.6 is 0 Å². The molecular weight excluding hydrogens is 308 g/mol. The maximum atomic E-state index is 12.6. The van der Waals surface area contributed by atoms with E-state index in [0.717, 1.165) is 11.3 Å². The number of ether oxygens (including phenoxy) is 4. The topological polar surface area (TPSA) is 54.0 Å². The first-order chi connectivity index (χ1) is 11.6. The van der Waals surface area contributed by atoms with Crippen LogP contribution in [0.15, 0.2) is 36.4 Å². The van der Waals surface area contributed by atoms with E-state index in [0.29, 0.717) is 29.4 Å². The Balaban J connectivity index is 2.22. The van der Waals surface area contributed by atoms with E-state index in [1.54, 1.807) is 12.1 Å². The molecule has 0 aliphatic rings. The molecule has 0 radical (unpaired) electrons. The van der Waals surface area contributed by atoms with Gasteiger partial charge < -0.3 is 18.9 Å². The van der Waals surface area contributed by atoms with Crippen molar-refractivity contribution >= 4 is 5.78 Å². The summed E-state index contributed by atoms with van der Waals surface area (Å²) in [5, 5.41) is 0. The SMILES string of the molecule is CCOc1ccc(CC(=O)c2cc(OC)c(OC)c(OC)c2)cc1. The summed E-state index contributed by atoms with van der Waals surface area (Å²) in [5.41, 5.74) is 1.43. The Morgan fingerprint density at radius 3 is 1.96 bits per heavy atom. The molecule has 0 bridgehead atoms. The zero-order valence-corrected chi connectivity index (χ0v) is 14.4. The minimum Gasteiger partial charge on any atom is -0.494 e. The Hall–Kier alpha value is -2.69. The van der Waals surface area contributed by atoms with Crippen LogP contribution in [0.25, 0.3) is 0 Å². The zero-order valence-electron chi connectivity index (χ0n) is 14.4. The number of hydrogen-bond donors (Lipinski definition) is 0. The number of benzene rings is 2. The molecule has 0 aliphatic heterocycles. The first-order valence-corrected chi connectivity index (χ1v) is 7.67. The average Bonchev–Trinajstić information content (AvgIpc) is 2.62. The standard InChI is InChI=1S/C19H22O5/c1-5-24-15-8-6-13(7-9-15)10-16(20)14-11-17(21-2)19(23-4)18(12-14)22-3/h6-9,11-12H,5,10H2,1-4H3. The third-order valence-corrected chi connectivity index (χ3v) is 3.59. The molecule has 0 heterocycles. The van der Waals surface area contributed by atoms with Crippen molar-refractivity contribution < 1.29 is 23.7 Å². The summed E-state index contributed by atoms with van der Waals surface area (Å²) in [7, 11) is 4.58. The third kappa shape index (κ3) is 3.98. The van der Waals surface area contributed by atoms with Gasteiger partial charge in [-0.3, -0.25) is 4.79 Å². The highest BCUT2D eigenvalue weighted by molar-refractivity contribution is 5.98. The summed E-state index contributed by atoms with van der Waals surface area (Å²) >= 11 is 0. The molecule has 0 aromatic heterocycles. The molecule has 128 valence electrons. The number of hydrogen-bond acceptors (Lipinski definition) is 5. The van der Waals surface area contributed by atoms with Gasteiger partial charge in [-0.15, -0.1) is 0 Å². The summed E-state index contributed by atoms with van der Waals surface area (Å²) in [4.78, 5) is 12.6. The highest BCUT2D eigenvalue weighted by Gasteiger charge is 2.17. The van der Waals surface area contributed by atoms with Crippen LogP contribution in [-0.4, -0.2) is 33.7 Å². The van der Waals surface area contributed by atoms with Gasteiger partial charge in [-0.05, 0) is 36.8 Å². The van der Waals surface area contributed by atoms with Crippen molar-refractivity contribution in [3.05, 3.63) is 47.5 Å². The molecule has 5 nitrogen and oxygen atoms in total. The van der Waals surface area contributed by atoms with Gasteiger partial charge in [-0.1, -0.05) is 12.1 Å². The van der Waals surface area contributed by atoms with E-state index in [1.165, 1.54) is 21.3 Å². The van der Waals surface area contributed by atoms with Crippen LogP contribution in [0.4, 0.5) is 0 Å². The molecule has 2 aromatic carbocycles. The molecular formula is C19H22O5. The highest BCUT2D eigenvalue weighted by Crippen LogP contribution is 2.38. The second-order valence-corrected chi connectivity index (χ2v) is 5.09. The van der Waals surface area contributed by atoms with Crippen LogP contribution in [-0.2, 0) is 6.42 Å². The number of carbonyl (C=O) groups excluding carboxylic acids is 1. The summed E-state index contributed by atoms with van der Waals surface area (Å²) in [5.74, 6) is 2.16. The van der Waals surface area contributed by atoms with Gasteiger partial charge in [0.1, 0.15) is 5.75 Å². The number of carbonyl (C=O) groups is 1. The van der Waals surface area contributed by atoms with Gasteiger partial charge in [0.15, 0.2) is 17.3 Å². The molecule has 2 rings (SSSR count). The largest absolute Gasteiger partial charge is 0.494 e. The Morgan fingerprint density at radius 2 is 1.50 bits per heavy atom. The second kappa shape index (κ2) is 8.24. The van der Waals surface area contributed by atoms with Crippen molar-refractivity contribution in [1.82, 2.24) is 0 Å². The van der Waals surface area contributed by atoms with Crippen molar-refractivity contribution in [3.8, 4) is 23.0 Å². The molecule has 24 heavy (non-hydrogen) atoms. The van der Waals surface area contributed by atoms with Crippen LogP contribution in [0.5, 0.6) is 23.0 Å². The van der Waals surface area contributed by atoms with Crippen molar-refractivity contribution in [2.75, 3.05) is 27.9 Å². The Labute approximate surface area is 142 Å². The minimum absolute atomic E-state index is 0.0292. The number of rotatable bonds is 8. The van der Waals surface area contributed by atoms with Crippen LogP contribution in [0.3, 0.4) is 0 Å². The summed E-state index contributed by atoms with van der Waals surface area (Å²) in [6.07, 6.45) is 0.283. The molecule has 2 aromatic rings. The minimum atomic E-state index is -0.0292. The van der Waals surface area contributed by atoms with E-state index >= 15 is 0 Å². The first kappa shape index (κ1) is 17.7. The Kier molecular flexibility index (Phi) is 6.07. The fraction of sp³-hybridized carbons (Fsp3) is 0.316. The van der Waals surface area contributed by atoms with Crippen LogP contribution < -0.4 is 18.9 Å². The predicted molar refractivity (Wildman–Crippen MR) is 91.7 cm³/mol. The van der Waals surface area contributed by atoms with E-state index in [4.69, 9.17) is 18.9 Å². The maximum absolute atomic E-state index is 12.6. The van der Waals surface area contributed by atoms with E-state index in [1.807, 2.05) is 31.2 Å². The molecule has 0 aliphatic carbocycles. The molecule has 0 unspecified atom stereocenters. The van der Waals surface area contributed by atoms with Crippen LogP contribution in [0, 0.1) is 0 Å². The van der Waals surface area contributed by atoms with Crippen molar-refractivity contribution in [1.29, 1.82) is 0 Å². The lowest BCUT2D eigenvalue weighted by molar-refractivity contribution is 0.0992. The molecule has 0 fully saturated rings. The van der Waals surface area contributed by atoms with E-state index in [-0.39, 0.29) is 12.2 Å². The van der Waals surface area contributed by atoms with E-state index < -0.39 is 0 Å². The van der Waals surface area contributed by atoms with Gasteiger partial charge in [-0.25, -0.2) is 0 Å². The monoisotopic (exact) mass is 330 g/mol. The number of Topliss-reactive ketones (excluding diaryl/α,β-unsaturated/α-hetero) is 1. The summed E-state index contributed by atoms with van der Waals surface area (Å²) < 4.78 is 21.3. The van der Waals surface area contributed by atoms with Crippen molar-refractivity contribution in [2.24, 2.45) is 0 Å². The zero-order chi connectivity index (χ0) is 17.5. The van der Waals surface area contributed by atoms with Gasteiger partial charge in [-0.2, -0.15) is 0 Å². The fourth-order valence-electron chi connectivity index (χ4n) is 2.40. The number of methoxy groups -OCH3 is 3. The normalized spacial score (nSPS) is 10.2. The molecule has 0 saturated heterocycles. The van der Waals surface area contributed by atoms with Crippen LogP contribution in [0.2, 0.25) is 0 Å². The molecule has 5 heteroatoms. The first-order valence-electron chi connectivity index (χ1n) is 7.67. The van der Waals surface area contributed by atoms with Crippen molar-refractivity contribution in [3.63, 3.8) is 0 Å².